The van der Waals surface area contributed by atoms with Gasteiger partial charge in [0.2, 0.25) is 0 Å². The molecule has 80 valence electrons. The minimum atomic E-state index is 1.05. The Balaban J connectivity index is 3.16. The number of aryl methyl sites for hydroxylation is 1. The highest BCUT2D eigenvalue weighted by Gasteiger charge is 2.06. The zero-order valence-corrected chi connectivity index (χ0v) is 10.0. The molecule has 0 saturated heterocycles. The molecule has 0 fully saturated rings. The van der Waals surface area contributed by atoms with E-state index < -0.39 is 0 Å². The Hall–Kier alpha value is -1.37. The minimum Gasteiger partial charge on any atom is -0.288 e. The van der Waals surface area contributed by atoms with E-state index in [0.717, 1.165) is 12.1 Å². The van der Waals surface area contributed by atoms with Crippen molar-refractivity contribution in [3.63, 3.8) is 0 Å². The van der Waals surface area contributed by atoms with Crippen molar-refractivity contribution in [3.8, 4) is 0 Å². The molecule has 0 bridgehead atoms. The monoisotopic (exact) mass is 201 g/mol. The Bertz CT molecular complexity index is 386. The molecule has 0 atom stereocenters. The second-order valence-corrected chi connectivity index (χ2v) is 3.68. The molecule has 1 aromatic rings. The molecular weight excluding hydrogens is 182 g/mol. The molecule has 1 aromatic carbocycles. The molecule has 0 heterocycles. The number of hydrogen-bond donors (Lipinski definition) is 0. The summed E-state index contributed by atoms with van der Waals surface area (Å²) in [6.07, 6.45) is 3.27. The zero-order chi connectivity index (χ0) is 11.3. The van der Waals surface area contributed by atoms with Crippen LogP contribution in [-0.2, 0) is 0 Å². The van der Waals surface area contributed by atoms with Gasteiger partial charge in [-0.2, -0.15) is 0 Å². The highest BCUT2D eigenvalue weighted by atomic mass is 14.7. The Morgan fingerprint density at radius 3 is 2.53 bits per heavy atom. The summed E-state index contributed by atoms with van der Waals surface area (Å²) in [5, 5.41) is 0. The average molecular weight is 201 g/mol. The van der Waals surface area contributed by atoms with Gasteiger partial charge in [0.1, 0.15) is 0 Å². The van der Waals surface area contributed by atoms with Crippen LogP contribution in [-0.4, -0.2) is 12.8 Å². The molecule has 0 aliphatic rings. The summed E-state index contributed by atoms with van der Waals surface area (Å²) < 4.78 is 0. The lowest BCUT2D eigenvalue weighted by molar-refractivity contribution is 1.20. The number of benzene rings is 1. The van der Waals surface area contributed by atoms with Crippen molar-refractivity contribution in [1.29, 1.82) is 0 Å². The molecule has 0 spiro atoms. The van der Waals surface area contributed by atoms with E-state index in [1.54, 1.807) is 0 Å². The Morgan fingerprint density at radius 1 is 1.33 bits per heavy atom. The van der Waals surface area contributed by atoms with Gasteiger partial charge < -0.3 is 0 Å². The number of rotatable bonds is 3. The highest BCUT2D eigenvalue weighted by Crippen LogP contribution is 2.14. The summed E-state index contributed by atoms with van der Waals surface area (Å²) in [5.74, 6) is 0. The smallest absolute Gasteiger partial charge is 0.0671 e. The first-order chi connectivity index (χ1) is 7.20. The van der Waals surface area contributed by atoms with E-state index >= 15 is 0 Å². The Labute approximate surface area is 92.6 Å². The van der Waals surface area contributed by atoms with Gasteiger partial charge in [0.25, 0.3) is 0 Å². The molecule has 0 aliphatic heterocycles. The average Bonchev–Trinajstić information content (AvgIpc) is 2.22. The number of hydrogen-bond acceptors (Lipinski definition) is 1. The first kappa shape index (κ1) is 11.7. The van der Waals surface area contributed by atoms with Gasteiger partial charge in [0, 0.05) is 12.6 Å². The minimum absolute atomic E-state index is 1.05. The maximum atomic E-state index is 4.39. The van der Waals surface area contributed by atoms with Crippen molar-refractivity contribution in [1.82, 2.24) is 0 Å². The quantitative estimate of drug-likeness (QED) is 0.660. The van der Waals surface area contributed by atoms with Gasteiger partial charge in [0.05, 0.1) is 5.71 Å². The van der Waals surface area contributed by atoms with Crippen LogP contribution in [0.5, 0.6) is 0 Å². The summed E-state index contributed by atoms with van der Waals surface area (Å²) in [6.45, 7) is 6.40. The lowest BCUT2D eigenvalue weighted by Gasteiger charge is -2.09. The van der Waals surface area contributed by atoms with E-state index in [2.05, 4.69) is 56.1 Å². The lowest BCUT2D eigenvalue weighted by Crippen LogP contribution is -2.04. The maximum absolute atomic E-state index is 4.39. The van der Waals surface area contributed by atoms with Crippen molar-refractivity contribution in [2.45, 2.75) is 27.2 Å². The second kappa shape index (κ2) is 5.50. The van der Waals surface area contributed by atoms with Gasteiger partial charge in [-0.1, -0.05) is 37.3 Å². The summed E-state index contributed by atoms with van der Waals surface area (Å²) >= 11 is 0. The molecule has 1 nitrogen and oxygen atoms in total. The Kier molecular flexibility index (Phi) is 4.29. The van der Waals surface area contributed by atoms with Crippen LogP contribution >= 0.6 is 0 Å². The van der Waals surface area contributed by atoms with E-state index in [4.69, 9.17) is 0 Å². The Morgan fingerprint density at radius 2 is 2.00 bits per heavy atom. The van der Waals surface area contributed by atoms with Crippen LogP contribution in [0.4, 0.5) is 0 Å². The van der Waals surface area contributed by atoms with E-state index in [1.165, 1.54) is 16.7 Å². The van der Waals surface area contributed by atoms with Crippen LogP contribution in [0.1, 0.15) is 31.4 Å². The van der Waals surface area contributed by atoms with Crippen molar-refractivity contribution in [2.24, 2.45) is 4.99 Å². The fraction of sp³-hybridized carbons (Fsp3) is 0.357. The molecule has 15 heavy (non-hydrogen) atoms. The van der Waals surface area contributed by atoms with Crippen molar-refractivity contribution < 1.29 is 0 Å². The van der Waals surface area contributed by atoms with Crippen LogP contribution in [0.25, 0.3) is 0 Å². The molecule has 0 unspecified atom stereocenters. The molecule has 0 radical (unpaired) electrons. The van der Waals surface area contributed by atoms with Gasteiger partial charge in [-0.25, -0.2) is 0 Å². The van der Waals surface area contributed by atoms with Crippen molar-refractivity contribution >= 4 is 5.71 Å². The summed E-state index contributed by atoms with van der Waals surface area (Å²) in [4.78, 5) is 4.39. The molecular formula is C14H19N. The van der Waals surface area contributed by atoms with Gasteiger partial charge >= 0.3 is 0 Å². The summed E-state index contributed by atoms with van der Waals surface area (Å²) in [6, 6.07) is 8.38. The van der Waals surface area contributed by atoms with Gasteiger partial charge in [-0.3, -0.25) is 4.99 Å². The third-order valence-corrected chi connectivity index (χ3v) is 2.51. The largest absolute Gasteiger partial charge is 0.288 e. The topological polar surface area (TPSA) is 12.4 Å². The second-order valence-electron chi connectivity index (χ2n) is 3.68. The predicted octanol–water partition coefficient (Wildman–Crippen LogP) is 3.77. The molecule has 0 N–H and O–H groups in total. The van der Waals surface area contributed by atoms with Gasteiger partial charge in [0.15, 0.2) is 0 Å². The molecule has 1 rings (SSSR count). The highest BCUT2D eigenvalue weighted by molar-refractivity contribution is 6.13. The number of allylic oxidation sites excluding steroid dienone is 2. The standard InChI is InChI=1S/C14H19N/c1-5-8-12(3)14(15-4)13-10-7-6-9-11(13)2/h6-10H,5H2,1-4H3/b12-8-,15-14?. The zero-order valence-electron chi connectivity index (χ0n) is 10.0. The number of nitrogens with zero attached hydrogens (tertiary/aromatic N) is 1. The van der Waals surface area contributed by atoms with E-state index in [0.29, 0.717) is 0 Å². The molecule has 0 aromatic heterocycles. The molecule has 0 aliphatic carbocycles. The number of aliphatic imine (C=N–C) groups is 1. The normalized spacial score (nSPS) is 13.1. The van der Waals surface area contributed by atoms with E-state index in [-0.39, 0.29) is 0 Å². The maximum Gasteiger partial charge on any atom is 0.0671 e. The third kappa shape index (κ3) is 2.79. The first-order valence-electron chi connectivity index (χ1n) is 5.40. The molecule has 0 saturated carbocycles. The van der Waals surface area contributed by atoms with Crippen molar-refractivity contribution in [3.05, 3.63) is 47.0 Å². The van der Waals surface area contributed by atoms with Crippen LogP contribution < -0.4 is 0 Å². The molecule has 1 heteroatoms. The predicted molar refractivity (Wildman–Crippen MR) is 67.7 cm³/mol. The van der Waals surface area contributed by atoms with E-state index in [1.807, 2.05) is 7.05 Å². The fourth-order valence-corrected chi connectivity index (χ4v) is 1.75. The van der Waals surface area contributed by atoms with Crippen molar-refractivity contribution in [2.75, 3.05) is 7.05 Å². The van der Waals surface area contributed by atoms with E-state index in [9.17, 15) is 0 Å². The first-order valence-corrected chi connectivity index (χ1v) is 5.40. The van der Waals surface area contributed by atoms with Crippen LogP contribution in [0, 0.1) is 6.92 Å². The van der Waals surface area contributed by atoms with Gasteiger partial charge in [-0.15, -0.1) is 0 Å². The van der Waals surface area contributed by atoms with Gasteiger partial charge in [-0.05, 0) is 31.4 Å². The fourth-order valence-electron chi connectivity index (χ4n) is 1.75. The van der Waals surface area contributed by atoms with Crippen LogP contribution in [0.3, 0.4) is 0 Å². The van der Waals surface area contributed by atoms with Crippen LogP contribution in [0.2, 0.25) is 0 Å². The SMILES string of the molecule is CC/C=C(/C)C(=NC)c1ccccc1C. The summed E-state index contributed by atoms with van der Waals surface area (Å²) in [7, 11) is 1.86. The third-order valence-electron chi connectivity index (χ3n) is 2.51. The summed E-state index contributed by atoms with van der Waals surface area (Å²) in [5.41, 5.74) is 4.88. The molecule has 0 amide bonds. The lowest BCUT2D eigenvalue weighted by atomic mass is 9.98. The van der Waals surface area contributed by atoms with Crippen LogP contribution in [0.15, 0.2) is 40.9 Å².